The van der Waals surface area contributed by atoms with E-state index in [2.05, 4.69) is 94.7 Å². The predicted octanol–water partition coefficient (Wildman–Crippen LogP) is 7.07. The van der Waals surface area contributed by atoms with E-state index in [1.807, 2.05) is 0 Å². The Hall–Kier alpha value is -2.74. The minimum Gasteiger partial charge on any atom is -0.366 e. The molecule has 0 atom stereocenters. The first-order valence-electron chi connectivity index (χ1n) is 10.7. The molecule has 0 spiro atoms. The third kappa shape index (κ3) is 3.28. The number of hydrogen-bond acceptors (Lipinski definition) is 2. The summed E-state index contributed by atoms with van der Waals surface area (Å²) in [6.45, 7) is 0. The Morgan fingerprint density at radius 3 is 1.43 bits per heavy atom. The van der Waals surface area contributed by atoms with Gasteiger partial charge in [-0.15, -0.1) is 0 Å². The minimum atomic E-state index is 0.748. The third-order valence-corrected chi connectivity index (χ3v) is 6.37. The predicted molar refractivity (Wildman–Crippen MR) is 119 cm³/mol. The molecule has 0 aliphatic carbocycles. The number of fused-ring (bicyclic) bond motifs is 2. The number of benzene rings is 3. The molecule has 0 saturated carbocycles. The molecule has 0 aromatic heterocycles. The normalized spacial score (nSPS) is 21.4. The van der Waals surface area contributed by atoms with Crippen molar-refractivity contribution in [2.75, 3.05) is 9.80 Å². The molecule has 2 bridgehead atoms. The fraction of sp³-hybridized carbons (Fsp3) is 0.308. The first-order chi connectivity index (χ1) is 13.9. The largest absolute Gasteiger partial charge is 0.366 e. The first kappa shape index (κ1) is 17.4. The van der Waals surface area contributed by atoms with Crippen LogP contribution < -0.4 is 9.80 Å². The molecular formula is C26H28N2. The van der Waals surface area contributed by atoms with Crippen molar-refractivity contribution in [3.63, 3.8) is 0 Å². The summed E-state index contributed by atoms with van der Waals surface area (Å²) in [7, 11) is 0. The van der Waals surface area contributed by atoms with Gasteiger partial charge in [-0.05, 0) is 87.1 Å². The lowest BCUT2D eigenvalue weighted by Gasteiger charge is -2.48. The molecule has 0 amide bonds. The Morgan fingerprint density at radius 1 is 0.536 bits per heavy atom. The van der Waals surface area contributed by atoms with Crippen LogP contribution in [0.4, 0.5) is 22.7 Å². The molecule has 0 N–H and O–H groups in total. The van der Waals surface area contributed by atoms with Crippen LogP contribution in [0.1, 0.15) is 38.5 Å². The van der Waals surface area contributed by atoms with Gasteiger partial charge in [-0.2, -0.15) is 0 Å². The standard InChI is InChI=1S/C26H28N2/c1-3-9-21(10-4-1)27(22-11-5-2-6-12-22)25-17-19-26(20-18-25)28-23-13-7-14-24(28)16-8-15-23/h1-6,9-12,17-20,23-24H,7-8,13-16H2. The highest BCUT2D eigenvalue weighted by atomic mass is 15.2. The average molecular weight is 369 g/mol. The highest BCUT2D eigenvalue weighted by Gasteiger charge is 2.33. The molecule has 0 unspecified atom stereocenters. The van der Waals surface area contributed by atoms with Gasteiger partial charge < -0.3 is 9.80 Å². The molecule has 3 aromatic rings. The van der Waals surface area contributed by atoms with Crippen molar-refractivity contribution in [1.82, 2.24) is 0 Å². The van der Waals surface area contributed by atoms with E-state index in [0.717, 1.165) is 12.1 Å². The second-order valence-corrected chi connectivity index (χ2v) is 8.10. The second kappa shape index (κ2) is 7.71. The van der Waals surface area contributed by atoms with Gasteiger partial charge in [0, 0.05) is 34.8 Å². The zero-order valence-electron chi connectivity index (χ0n) is 16.4. The molecule has 2 nitrogen and oxygen atoms in total. The summed E-state index contributed by atoms with van der Waals surface area (Å²) in [5.41, 5.74) is 5.00. The fourth-order valence-electron chi connectivity index (χ4n) is 5.12. The van der Waals surface area contributed by atoms with Crippen molar-refractivity contribution in [3.8, 4) is 0 Å². The first-order valence-corrected chi connectivity index (χ1v) is 10.7. The van der Waals surface area contributed by atoms with E-state index in [1.165, 1.54) is 61.3 Å². The molecule has 3 aromatic carbocycles. The number of nitrogens with zero attached hydrogens (tertiary/aromatic N) is 2. The second-order valence-electron chi connectivity index (χ2n) is 8.10. The summed E-state index contributed by atoms with van der Waals surface area (Å²) < 4.78 is 0. The molecule has 2 heteroatoms. The molecule has 2 aliphatic heterocycles. The summed E-state index contributed by atoms with van der Waals surface area (Å²) in [4.78, 5) is 5.06. The Bertz CT molecular complexity index is 827. The molecule has 5 rings (SSSR count). The number of rotatable bonds is 4. The van der Waals surface area contributed by atoms with Gasteiger partial charge in [0.1, 0.15) is 0 Å². The smallest absolute Gasteiger partial charge is 0.0463 e. The molecule has 2 aliphatic rings. The maximum Gasteiger partial charge on any atom is 0.0463 e. The van der Waals surface area contributed by atoms with Crippen LogP contribution in [0, 0.1) is 0 Å². The van der Waals surface area contributed by atoms with Gasteiger partial charge >= 0.3 is 0 Å². The van der Waals surface area contributed by atoms with E-state index in [1.54, 1.807) is 0 Å². The topological polar surface area (TPSA) is 6.48 Å². The molecule has 2 heterocycles. The highest BCUT2D eigenvalue weighted by molar-refractivity contribution is 5.77. The van der Waals surface area contributed by atoms with Crippen LogP contribution in [-0.2, 0) is 0 Å². The molecular weight excluding hydrogens is 340 g/mol. The summed E-state index contributed by atoms with van der Waals surface area (Å²) >= 11 is 0. The van der Waals surface area contributed by atoms with Crippen LogP contribution in [0.25, 0.3) is 0 Å². The van der Waals surface area contributed by atoms with Crippen molar-refractivity contribution in [2.24, 2.45) is 0 Å². The van der Waals surface area contributed by atoms with Crippen molar-refractivity contribution in [2.45, 2.75) is 50.6 Å². The molecule has 2 fully saturated rings. The quantitative estimate of drug-likeness (QED) is 0.486. The van der Waals surface area contributed by atoms with Gasteiger partial charge in [0.05, 0.1) is 0 Å². The lowest BCUT2D eigenvalue weighted by molar-refractivity contribution is 0.296. The monoisotopic (exact) mass is 368 g/mol. The van der Waals surface area contributed by atoms with Crippen molar-refractivity contribution < 1.29 is 0 Å². The Balaban J connectivity index is 1.49. The molecule has 142 valence electrons. The zero-order valence-corrected chi connectivity index (χ0v) is 16.4. The van der Waals surface area contributed by atoms with Gasteiger partial charge in [-0.3, -0.25) is 0 Å². The van der Waals surface area contributed by atoms with Gasteiger partial charge in [0.15, 0.2) is 0 Å². The molecule has 28 heavy (non-hydrogen) atoms. The number of para-hydroxylation sites is 2. The van der Waals surface area contributed by atoms with Crippen molar-refractivity contribution >= 4 is 22.7 Å². The van der Waals surface area contributed by atoms with Gasteiger partial charge in [-0.25, -0.2) is 0 Å². The van der Waals surface area contributed by atoms with Crippen molar-refractivity contribution in [3.05, 3.63) is 84.9 Å². The summed E-state index contributed by atoms with van der Waals surface area (Å²) in [5, 5.41) is 0. The highest BCUT2D eigenvalue weighted by Crippen LogP contribution is 2.40. The molecule has 0 radical (unpaired) electrons. The Kier molecular flexibility index (Phi) is 4.78. The summed E-state index contributed by atoms with van der Waals surface area (Å²) in [6, 6.07) is 32.0. The Morgan fingerprint density at radius 2 is 0.964 bits per heavy atom. The fourth-order valence-corrected chi connectivity index (χ4v) is 5.12. The zero-order chi connectivity index (χ0) is 18.8. The lowest BCUT2D eigenvalue weighted by atomic mass is 9.84. The summed E-state index contributed by atoms with van der Waals surface area (Å²) in [5.74, 6) is 0. The van der Waals surface area contributed by atoms with Crippen LogP contribution in [-0.4, -0.2) is 12.1 Å². The molecule has 2 saturated heterocycles. The van der Waals surface area contributed by atoms with E-state index in [0.29, 0.717) is 0 Å². The van der Waals surface area contributed by atoms with E-state index < -0.39 is 0 Å². The SMILES string of the molecule is c1ccc(N(c2ccccc2)c2ccc(N3C4CCCC3CCC4)cc2)cc1. The van der Waals surface area contributed by atoms with Crippen LogP contribution in [0.5, 0.6) is 0 Å². The Labute approximate surface area is 168 Å². The summed E-state index contributed by atoms with van der Waals surface area (Å²) in [6.07, 6.45) is 8.24. The minimum absolute atomic E-state index is 0.748. The number of hydrogen-bond donors (Lipinski definition) is 0. The average Bonchev–Trinajstić information content (AvgIpc) is 2.75. The van der Waals surface area contributed by atoms with Crippen LogP contribution in [0.2, 0.25) is 0 Å². The maximum atomic E-state index is 2.73. The van der Waals surface area contributed by atoms with E-state index in [9.17, 15) is 0 Å². The van der Waals surface area contributed by atoms with E-state index >= 15 is 0 Å². The van der Waals surface area contributed by atoms with E-state index in [4.69, 9.17) is 0 Å². The van der Waals surface area contributed by atoms with Gasteiger partial charge in [0.2, 0.25) is 0 Å². The van der Waals surface area contributed by atoms with Gasteiger partial charge in [-0.1, -0.05) is 36.4 Å². The lowest BCUT2D eigenvalue weighted by Crippen LogP contribution is -2.49. The van der Waals surface area contributed by atoms with Crippen molar-refractivity contribution in [1.29, 1.82) is 0 Å². The van der Waals surface area contributed by atoms with Crippen LogP contribution in [0.3, 0.4) is 0 Å². The van der Waals surface area contributed by atoms with E-state index in [-0.39, 0.29) is 0 Å². The number of piperidine rings is 2. The number of anilines is 4. The third-order valence-electron chi connectivity index (χ3n) is 6.37. The van der Waals surface area contributed by atoms with Gasteiger partial charge in [0.25, 0.3) is 0 Å². The van der Waals surface area contributed by atoms with Crippen LogP contribution in [0.15, 0.2) is 84.9 Å². The maximum absolute atomic E-state index is 2.73. The van der Waals surface area contributed by atoms with Crippen LogP contribution >= 0.6 is 0 Å².